The van der Waals surface area contributed by atoms with Crippen molar-refractivity contribution in [2.24, 2.45) is 10.8 Å². The normalized spacial score (nSPS) is 39.8. The van der Waals surface area contributed by atoms with E-state index >= 15 is 0 Å². The molecular formula is C12H23NO2. The summed E-state index contributed by atoms with van der Waals surface area (Å²) in [6, 6.07) is 0.476. The monoisotopic (exact) mass is 213 g/mol. The van der Waals surface area contributed by atoms with Gasteiger partial charge in [0.2, 0.25) is 0 Å². The van der Waals surface area contributed by atoms with Gasteiger partial charge in [-0.05, 0) is 0 Å². The molecule has 3 nitrogen and oxygen atoms in total. The highest BCUT2D eigenvalue weighted by Gasteiger charge is 2.62. The summed E-state index contributed by atoms with van der Waals surface area (Å²) in [6.07, 6.45) is -0.196. The quantitative estimate of drug-likeness (QED) is 0.708. The van der Waals surface area contributed by atoms with Crippen molar-refractivity contribution < 1.29 is 9.84 Å². The molecule has 1 saturated heterocycles. The lowest BCUT2D eigenvalue weighted by Gasteiger charge is -2.65. The van der Waals surface area contributed by atoms with Gasteiger partial charge in [-0.1, -0.05) is 27.7 Å². The van der Waals surface area contributed by atoms with Crippen LogP contribution in [0.15, 0.2) is 0 Å². The molecule has 1 aliphatic carbocycles. The predicted octanol–water partition coefficient (Wildman–Crippen LogP) is 1.11. The van der Waals surface area contributed by atoms with Crippen LogP contribution < -0.4 is 0 Å². The lowest BCUT2D eigenvalue weighted by atomic mass is 9.49. The Morgan fingerprint density at radius 1 is 1.07 bits per heavy atom. The standard InChI is InChI=1S/C12H23NO2/c1-11(2)9(12(3,4)10(11)14)13-5-7-15-8-6-13/h9-10,14H,5-8H2,1-4H3. The number of aliphatic hydroxyl groups is 1. The maximum absolute atomic E-state index is 10.1. The summed E-state index contributed by atoms with van der Waals surface area (Å²) in [5, 5.41) is 10.1. The van der Waals surface area contributed by atoms with E-state index in [0.29, 0.717) is 6.04 Å². The van der Waals surface area contributed by atoms with Gasteiger partial charge in [0.05, 0.1) is 19.3 Å². The molecule has 1 saturated carbocycles. The number of hydrogen-bond acceptors (Lipinski definition) is 3. The van der Waals surface area contributed by atoms with Gasteiger partial charge in [-0.3, -0.25) is 4.90 Å². The van der Waals surface area contributed by atoms with Crippen LogP contribution in [0.1, 0.15) is 27.7 Å². The first-order chi connectivity index (χ1) is 6.88. The first-order valence-corrected chi connectivity index (χ1v) is 5.88. The van der Waals surface area contributed by atoms with Gasteiger partial charge in [0.25, 0.3) is 0 Å². The highest BCUT2D eigenvalue weighted by Crippen LogP contribution is 2.56. The molecule has 2 rings (SSSR count). The zero-order valence-corrected chi connectivity index (χ0v) is 10.3. The van der Waals surface area contributed by atoms with Crippen molar-refractivity contribution >= 4 is 0 Å². The van der Waals surface area contributed by atoms with E-state index in [1.54, 1.807) is 0 Å². The molecule has 0 spiro atoms. The molecule has 2 fully saturated rings. The molecule has 0 aromatic carbocycles. The highest BCUT2D eigenvalue weighted by atomic mass is 16.5. The van der Waals surface area contributed by atoms with Crippen LogP contribution in [0.4, 0.5) is 0 Å². The fourth-order valence-electron chi connectivity index (χ4n) is 3.90. The molecule has 1 N–H and O–H groups in total. The number of morpholine rings is 1. The van der Waals surface area contributed by atoms with Crippen molar-refractivity contribution in [1.29, 1.82) is 0 Å². The Kier molecular flexibility index (Phi) is 2.61. The van der Waals surface area contributed by atoms with Crippen LogP contribution in [-0.4, -0.2) is 48.5 Å². The number of aliphatic hydroxyl groups excluding tert-OH is 1. The van der Waals surface area contributed by atoms with Crippen LogP contribution in [0.2, 0.25) is 0 Å². The summed E-state index contributed by atoms with van der Waals surface area (Å²) in [4.78, 5) is 2.48. The number of rotatable bonds is 1. The van der Waals surface area contributed by atoms with Gasteiger partial charge in [-0.15, -0.1) is 0 Å². The Morgan fingerprint density at radius 2 is 1.53 bits per heavy atom. The van der Waals surface area contributed by atoms with Crippen LogP contribution in [0.25, 0.3) is 0 Å². The Labute approximate surface area is 92.4 Å². The Morgan fingerprint density at radius 3 is 2.00 bits per heavy atom. The fourth-order valence-corrected chi connectivity index (χ4v) is 3.90. The van der Waals surface area contributed by atoms with Crippen molar-refractivity contribution in [2.75, 3.05) is 26.3 Å². The molecule has 0 amide bonds. The van der Waals surface area contributed by atoms with Gasteiger partial charge in [-0.25, -0.2) is 0 Å². The minimum absolute atomic E-state index is 0.0147. The van der Waals surface area contributed by atoms with Crippen LogP contribution >= 0.6 is 0 Å². The number of hydrogen-bond donors (Lipinski definition) is 1. The lowest BCUT2D eigenvalue weighted by molar-refractivity contribution is -0.229. The van der Waals surface area contributed by atoms with Crippen molar-refractivity contribution in [1.82, 2.24) is 4.90 Å². The molecular weight excluding hydrogens is 190 g/mol. The van der Waals surface area contributed by atoms with Gasteiger partial charge < -0.3 is 9.84 Å². The third kappa shape index (κ3) is 1.52. The van der Waals surface area contributed by atoms with Crippen molar-refractivity contribution in [3.63, 3.8) is 0 Å². The summed E-state index contributed by atoms with van der Waals surface area (Å²) >= 11 is 0. The van der Waals surface area contributed by atoms with Crippen LogP contribution in [0.5, 0.6) is 0 Å². The summed E-state index contributed by atoms with van der Waals surface area (Å²) in [6.45, 7) is 12.4. The van der Waals surface area contributed by atoms with Gasteiger partial charge in [0.1, 0.15) is 0 Å². The molecule has 1 aliphatic heterocycles. The van der Waals surface area contributed by atoms with E-state index in [4.69, 9.17) is 4.74 Å². The van der Waals surface area contributed by atoms with E-state index in [1.807, 2.05) is 0 Å². The molecule has 3 heteroatoms. The van der Waals surface area contributed by atoms with Gasteiger partial charge in [0, 0.05) is 30.0 Å². The van der Waals surface area contributed by atoms with E-state index in [2.05, 4.69) is 32.6 Å². The lowest BCUT2D eigenvalue weighted by Crippen LogP contribution is -2.73. The first-order valence-electron chi connectivity index (χ1n) is 5.88. The number of nitrogens with zero attached hydrogens (tertiary/aromatic N) is 1. The van der Waals surface area contributed by atoms with Crippen LogP contribution in [0.3, 0.4) is 0 Å². The molecule has 0 aromatic rings. The fraction of sp³-hybridized carbons (Fsp3) is 1.00. The highest BCUT2D eigenvalue weighted by molar-refractivity contribution is 5.14. The maximum atomic E-state index is 10.1. The van der Waals surface area contributed by atoms with E-state index in [0.717, 1.165) is 26.3 Å². The third-order valence-electron chi connectivity index (χ3n) is 4.23. The Bertz CT molecular complexity index is 228. The second-order valence-electron chi connectivity index (χ2n) is 6.10. The van der Waals surface area contributed by atoms with Crippen molar-refractivity contribution in [2.45, 2.75) is 39.8 Å². The minimum atomic E-state index is -0.196. The van der Waals surface area contributed by atoms with Crippen molar-refractivity contribution in [3.8, 4) is 0 Å². The van der Waals surface area contributed by atoms with E-state index in [9.17, 15) is 5.11 Å². The second kappa shape index (κ2) is 3.44. The zero-order valence-electron chi connectivity index (χ0n) is 10.3. The smallest absolute Gasteiger partial charge is 0.0672 e. The van der Waals surface area contributed by atoms with Crippen molar-refractivity contribution in [3.05, 3.63) is 0 Å². The summed E-state index contributed by atoms with van der Waals surface area (Å²) in [5.41, 5.74) is 0.0294. The molecule has 0 aromatic heterocycles. The van der Waals surface area contributed by atoms with E-state index < -0.39 is 0 Å². The third-order valence-corrected chi connectivity index (χ3v) is 4.23. The summed E-state index contributed by atoms with van der Waals surface area (Å²) < 4.78 is 5.38. The minimum Gasteiger partial charge on any atom is -0.392 e. The SMILES string of the molecule is CC1(C)C(O)C(C)(C)C1N1CCOCC1. The summed E-state index contributed by atoms with van der Waals surface area (Å²) in [7, 11) is 0. The number of ether oxygens (including phenoxy) is 1. The maximum Gasteiger partial charge on any atom is 0.0672 e. The molecule has 0 bridgehead atoms. The zero-order chi connectivity index (χ0) is 11.3. The van der Waals surface area contributed by atoms with E-state index in [-0.39, 0.29) is 16.9 Å². The first kappa shape index (κ1) is 11.4. The van der Waals surface area contributed by atoms with E-state index in [1.165, 1.54) is 0 Å². The molecule has 0 radical (unpaired) electrons. The average Bonchev–Trinajstić information content (AvgIpc) is 2.17. The van der Waals surface area contributed by atoms with Gasteiger partial charge >= 0.3 is 0 Å². The molecule has 2 aliphatic rings. The second-order valence-corrected chi connectivity index (χ2v) is 6.10. The topological polar surface area (TPSA) is 32.7 Å². The molecule has 0 unspecified atom stereocenters. The van der Waals surface area contributed by atoms with Gasteiger partial charge in [0.15, 0.2) is 0 Å². The largest absolute Gasteiger partial charge is 0.392 e. The van der Waals surface area contributed by atoms with Gasteiger partial charge in [-0.2, -0.15) is 0 Å². The molecule has 1 heterocycles. The average molecular weight is 213 g/mol. The Balaban J connectivity index is 2.13. The van der Waals surface area contributed by atoms with Crippen LogP contribution in [0, 0.1) is 10.8 Å². The molecule has 88 valence electrons. The molecule has 15 heavy (non-hydrogen) atoms. The molecule has 0 atom stereocenters. The predicted molar refractivity (Wildman–Crippen MR) is 59.7 cm³/mol. The summed E-state index contributed by atoms with van der Waals surface area (Å²) in [5.74, 6) is 0. The Hall–Kier alpha value is -0.120. The van der Waals surface area contributed by atoms with Crippen LogP contribution in [-0.2, 0) is 4.74 Å².